The fraction of sp³-hybridized carbons (Fsp3) is 0.538. The molecule has 1 heterocycles. The van der Waals surface area contributed by atoms with Crippen molar-refractivity contribution in [3.05, 3.63) is 35.6 Å². The molecule has 1 aliphatic rings. The van der Waals surface area contributed by atoms with Crippen LogP contribution in [0.25, 0.3) is 0 Å². The molecular weight excluding hydrogens is 253 g/mol. The first kappa shape index (κ1) is 13.5. The first-order valence-corrected chi connectivity index (χ1v) is 7.96. The third-order valence-electron chi connectivity index (χ3n) is 3.61. The lowest BCUT2D eigenvalue weighted by Crippen LogP contribution is -2.44. The Hall–Kier alpha value is -0.940. The highest BCUT2D eigenvalue weighted by atomic mass is 32.2. The number of nitrogens with zero attached hydrogens (tertiary/aromatic N) is 1. The van der Waals surface area contributed by atoms with E-state index in [4.69, 9.17) is 0 Å². The third kappa shape index (κ3) is 2.90. The summed E-state index contributed by atoms with van der Waals surface area (Å²) in [6.07, 6.45) is 2.08. The van der Waals surface area contributed by atoms with Crippen molar-refractivity contribution in [2.24, 2.45) is 0 Å². The van der Waals surface area contributed by atoms with Crippen molar-refractivity contribution in [1.82, 2.24) is 4.90 Å². The van der Waals surface area contributed by atoms with Crippen LogP contribution < -0.4 is 0 Å². The summed E-state index contributed by atoms with van der Waals surface area (Å²) in [4.78, 5) is 2.03. The van der Waals surface area contributed by atoms with Gasteiger partial charge in [0.25, 0.3) is 0 Å². The molecule has 1 aliphatic heterocycles. The zero-order chi connectivity index (χ0) is 13.3. The van der Waals surface area contributed by atoms with E-state index in [0.717, 1.165) is 18.5 Å². The van der Waals surface area contributed by atoms with Crippen LogP contribution in [-0.4, -0.2) is 45.0 Å². The monoisotopic (exact) mass is 271 g/mol. The van der Waals surface area contributed by atoms with E-state index in [-0.39, 0.29) is 11.7 Å². The maximum atomic E-state index is 12.9. The quantitative estimate of drug-likeness (QED) is 0.821. The molecule has 0 amide bonds. The van der Waals surface area contributed by atoms with Crippen molar-refractivity contribution in [2.45, 2.75) is 17.6 Å². The molecule has 2 rings (SSSR count). The molecule has 0 spiro atoms. The molecule has 0 aromatic heterocycles. The second kappa shape index (κ2) is 4.97. The van der Waals surface area contributed by atoms with Crippen molar-refractivity contribution >= 4 is 9.84 Å². The molecular formula is C13H18FNO2S. The Morgan fingerprint density at radius 1 is 1.28 bits per heavy atom. The van der Waals surface area contributed by atoms with Gasteiger partial charge in [0.2, 0.25) is 0 Å². The van der Waals surface area contributed by atoms with Crippen LogP contribution in [0.1, 0.15) is 17.9 Å². The van der Waals surface area contributed by atoms with Crippen LogP contribution in [0.3, 0.4) is 0 Å². The van der Waals surface area contributed by atoms with Crippen LogP contribution in [0.15, 0.2) is 24.3 Å². The highest BCUT2D eigenvalue weighted by Crippen LogP contribution is 2.31. The topological polar surface area (TPSA) is 37.4 Å². The second-order valence-corrected chi connectivity index (χ2v) is 7.34. The molecule has 0 unspecified atom stereocenters. The van der Waals surface area contributed by atoms with Gasteiger partial charge >= 0.3 is 0 Å². The van der Waals surface area contributed by atoms with Gasteiger partial charge in [-0.15, -0.1) is 0 Å². The minimum atomic E-state index is -3.10. The maximum absolute atomic E-state index is 12.9. The molecule has 1 aromatic carbocycles. The number of benzene rings is 1. The van der Waals surface area contributed by atoms with E-state index in [0.29, 0.717) is 6.54 Å². The van der Waals surface area contributed by atoms with Crippen molar-refractivity contribution in [3.8, 4) is 0 Å². The van der Waals surface area contributed by atoms with Crippen molar-refractivity contribution in [1.29, 1.82) is 0 Å². The Kier molecular flexibility index (Phi) is 3.73. The standard InChI is InChI=1S/C13H18FNO2S/c1-15-8-7-12(13(9-15)18(2,16)17)10-3-5-11(14)6-4-10/h3-6,12-13H,7-9H2,1-2H3/t12-,13+/m0/s1. The van der Waals surface area contributed by atoms with Crippen LogP contribution in [0, 0.1) is 5.82 Å². The predicted octanol–water partition coefficient (Wildman–Crippen LogP) is 1.66. The number of piperidine rings is 1. The SMILES string of the molecule is CN1CC[C@@H](c2ccc(F)cc2)[C@H](S(C)(=O)=O)C1. The molecule has 5 heteroatoms. The molecule has 1 fully saturated rings. The van der Waals surface area contributed by atoms with Crippen molar-refractivity contribution < 1.29 is 12.8 Å². The van der Waals surface area contributed by atoms with Crippen molar-refractivity contribution in [2.75, 3.05) is 26.4 Å². The normalized spacial score (nSPS) is 26.2. The molecule has 0 N–H and O–H groups in total. The molecule has 1 aromatic rings. The summed E-state index contributed by atoms with van der Waals surface area (Å²) in [5.74, 6) is -0.320. The predicted molar refractivity (Wildman–Crippen MR) is 69.9 cm³/mol. The van der Waals surface area contributed by atoms with Crippen LogP contribution in [-0.2, 0) is 9.84 Å². The first-order chi connectivity index (χ1) is 8.38. The molecule has 3 nitrogen and oxygen atoms in total. The van der Waals surface area contributed by atoms with Gasteiger partial charge in [-0.05, 0) is 37.7 Å². The molecule has 0 radical (unpaired) electrons. The van der Waals surface area contributed by atoms with Gasteiger partial charge in [-0.3, -0.25) is 0 Å². The molecule has 18 heavy (non-hydrogen) atoms. The largest absolute Gasteiger partial charge is 0.305 e. The van der Waals surface area contributed by atoms with Crippen LogP contribution >= 0.6 is 0 Å². The fourth-order valence-electron chi connectivity index (χ4n) is 2.60. The van der Waals surface area contributed by atoms with Crippen LogP contribution in [0.2, 0.25) is 0 Å². The zero-order valence-corrected chi connectivity index (χ0v) is 11.5. The van der Waals surface area contributed by atoms with E-state index in [1.807, 2.05) is 11.9 Å². The zero-order valence-electron chi connectivity index (χ0n) is 10.6. The van der Waals surface area contributed by atoms with E-state index < -0.39 is 15.1 Å². The minimum Gasteiger partial charge on any atom is -0.305 e. The molecule has 2 atom stereocenters. The average Bonchev–Trinajstić information content (AvgIpc) is 2.29. The highest BCUT2D eigenvalue weighted by molar-refractivity contribution is 7.91. The number of likely N-dealkylation sites (tertiary alicyclic amines) is 1. The van der Waals surface area contributed by atoms with E-state index in [9.17, 15) is 12.8 Å². The van der Waals surface area contributed by atoms with Crippen LogP contribution in [0.5, 0.6) is 0 Å². The lowest BCUT2D eigenvalue weighted by molar-refractivity contribution is 0.257. The second-order valence-electron chi connectivity index (χ2n) is 5.08. The number of rotatable bonds is 2. The first-order valence-electron chi connectivity index (χ1n) is 6.01. The van der Waals surface area contributed by atoms with E-state index in [1.54, 1.807) is 12.1 Å². The summed E-state index contributed by atoms with van der Waals surface area (Å²) in [6.45, 7) is 1.41. The summed E-state index contributed by atoms with van der Waals surface area (Å²) in [6, 6.07) is 6.19. The van der Waals surface area contributed by atoms with Gasteiger partial charge in [0.1, 0.15) is 5.82 Å². The van der Waals surface area contributed by atoms with Gasteiger partial charge in [-0.1, -0.05) is 12.1 Å². The minimum absolute atomic E-state index is 0.0307. The fourth-order valence-corrected chi connectivity index (χ4v) is 4.01. The Bertz CT molecular complexity index is 512. The average molecular weight is 271 g/mol. The van der Waals surface area contributed by atoms with E-state index in [1.165, 1.54) is 18.4 Å². The summed E-state index contributed by atoms with van der Waals surface area (Å²) in [5, 5.41) is -0.401. The summed E-state index contributed by atoms with van der Waals surface area (Å²) in [7, 11) is -1.17. The van der Waals surface area contributed by atoms with Crippen LogP contribution in [0.4, 0.5) is 4.39 Å². The van der Waals surface area contributed by atoms with Gasteiger partial charge in [-0.2, -0.15) is 0 Å². The van der Waals surface area contributed by atoms with Gasteiger partial charge in [0.05, 0.1) is 5.25 Å². The summed E-state index contributed by atoms with van der Waals surface area (Å²) >= 11 is 0. The Balaban J connectivity index is 2.32. The Morgan fingerprint density at radius 2 is 1.89 bits per heavy atom. The highest BCUT2D eigenvalue weighted by Gasteiger charge is 2.35. The Labute approximate surface area is 108 Å². The van der Waals surface area contributed by atoms with E-state index in [2.05, 4.69) is 0 Å². The van der Waals surface area contributed by atoms with Gasteiger partial charge in [0.15, 0.2) is 9.84 Å². The lowest BCUT2D eigenvalue weighted by atomic mass is 9.89. The molecule has 1 saturated heterocycles. The molecule has 100 valence electrons. The molecule has 0 saturated carbocycles. The van der Waals surface area contributed by atoms with Gasteiger partial charge < -0.3 is 4.90 Å². The number of halogens is 1. The number of sulfone groups is 1. The smallest absolute Gasteiger partial charge is 0.152 e. The molecule has 0 aliphatic carbocycles. The third-order valence-corrected chi connectivity index (χ3v) is 5.19. The van der Waals surface area contributed by atoms with E-state index >= 15 is 0 Å². The number of hydrogen-bond donors (Lipinski definition) is 0. The number of hydrogen-bond acceptors (Lipinski definition) is 3. The Morgan fingerprint density at radius 3 is 2.44 bits per heavy atom. The summed E-state index contributed by atoms with van der Waals surface area (Å²) in [5.41, 5.74) is 0.917. The van der Waals surface area contributed by atoms with Crippen molar-refractivity contribution in [3.63, 3.8) is 0 Å². The van der Waals surface area contributed by atoms with Gasteiger partial charge in [0, 0.05) is 18.7 Å². The summed E-state index contributed by atoms with van der Waals surface area (Å²) < 4.78 is 36.7. The maximum Gasteiger partial charge on any atom is 0.152 e. The lowest BCUT2D eigenvalue weighted by Gasteiger charge is -2.35. The molecule has 0 bridgehead atoms. The van der Waals surface area contributed by atoms with Gasteiger partial charge in [-0.25, -0.2) is 12.8 Å².